The normalized spacial score (nSPS) is 18.3. The fraction of sp³-hybridized carbons (Fsp3) is 0.273. The molecule has 0 saturated heterocycles. The molecule has 1 aliphatic carbocycles. The van der Waals surface area contributed by atoms with Crippen molar-refractivity contribution in [3.63, 3.8) is 0 Å². The Hall–Kier alpha value is -4.72. The van der Waals surface area contributed by atoms with Gasteiger partial charge in [0, 0.05) is 40.6 Å². The molecule has 8 nitrogen and oxygen atoms in total. The number of rotatable bonds is 8. The van der Waals surface area contributed by atoms with Gasteiger partial charge in [-0.1, -0.05) is 18.2 Å². The van der Waals surface area contributed by atoms with Gasteiger partial charge in [0.15, 0.2) is 17.3 Å². The van der Waals surface area contributed by atoms with Crippen LogP contribution in [0.25, 0.3) is 0 Å². The number of carbonyl (C=O) groups is 2. The average molecular weight is 555 g/mol. The number of anilines is 1. The van der Waals surface area contributed by atoms with Crippen molar-refractivity contribution in [2.45, 2.75) is 31.6 Å². The summed E-state index contributed by atoms with van der Waals surface area (Å²) in [4.78, 5) is 27.8. The topological polar surface area (TPSA) is 95.1 Å². The summed E-state index contributed by atoms with van der Waals surface area (Å²) in [6, 6.07) is 20.5. The van der Waals surface area contributed by atoms with Crippen LogP contribution in [0.2, 0.25) is 0 Å². The van der Waals surface area contributed by atoms with Gasteiger partial charge in [0.25, 0.3) is 5.91 Å². The van der Waals surface area contributed by atoms with Crippen LogP contribution in [0.3, 0.4) is 0 Å². The zero-order chi connectivity index (χ0) is 29.1. The minimum atomic E-state index is -0.557. The maximum absolute atomic E-state index is 14.0. The van der Waals surface area contributed by atoms with Crippen molar-refractivity contribution < 1.29 is 28.5 Å². The van der Waals surface area contributed by atoms with Gasteiger partial charge in [-0.3, -0.25) is 9.59 Å². The maximum Gasteiger partial charge on any atom is 0.254 e. The summed E-state index contributed by atoms with van der Waals surface area (Å²) in [7, 11) is 6.39. The van der Waals surface area contributed by atoms with Crippen LogP contribution in [0.4, 0.5) is 5.69 Å². The zero-order valence-corrected chi connectivity index (χ0v) is 23.9. The van der Waals surface area contributed by atoms with Gasteiger partial charge in [-0.05, 0) is 78.9 Å². The monoisotopic (exact) mass is 554 g/mol. The fourth-order valence-corrected chi connectivity index (χ4v) is 5.71. The third-order valence-corrected chi connectivity index (χ3v) is 7.73. The van der Waals surface area contributed by atoms with Gasteiger partial charge in [-0.2, -0.15) is 0 Å². The highest BCUT2D eigenvalue weighted by Crippen LogP contribution is 2.47. The van der Waals surface area contributed by atoms with E-state index in [1.807, 2.05) is 49.4 Å². The summed E-state index contributed by atoms with van der Waals surface area (Å²) >= 11 is 0. The molecule has 2 aliphatic rings. The minimum absolute atomic E-state index is 0.00592. The molecule has 1 aliphatic heterocycles. The van der Waals surface area contributed by atoms with Gasteiger partial charge in [-0.25, -0.2) is 0 Å². The number of nitrogens with one attached hydrogen (secondary N) is 2. The third kappa shape index (κ3) is 5.50. The van der Waals surface area contributed by atoms with E-state index in [9.17, 15) is 9.59 Å². The van der Waals surface area contributed by atoms with E-state index in [-0.39, 0.29) is 17.6 Å². The van der Waals surface area contributed by atoms with Crippen LogP contribution < -0.4 is 29.6 Å². The quantitative estimate of drug-likeness (QED) is 0.368. The molecule has 41 heavy (non-hydrogen) atoms. The van der Waals surface area contributed by atoms with E-state index in [4.69, 9.17) is 18.9 Å². The highest BCUT2D eigenvalue weighted by molar-refractivity contribution is 6.10. The van der Waals surface area contributed by atoms with E-state index in [1.165, 1.54) is 0 Å². The number of benzene rings is 3. The number of ketones is 1. The molecule has 0 spiro atoms. The van der Waals surface area contributed by atoms with Crippen molar-refractivity contribution in [2.75, 3.05) is 33.8 Å². The van der Waals surface area contributed by atoms with Crippen molar-refractivity contribution >= 4 is 17.4 Å². The molecule has 0 aromatic heterocycles. The zero-order valence-electron chi connectivity index (χ0n) is 23.9. The van der Waals surface area contributed by atoms with Crippen molar-refractivity contribution in [2.24, 2.45) is 0 Å². The summed E-state index contributed by atoms with van der Waals surface area (Å²) < 4.78 is 21.6. The molecule has 2 atom stereocenters. The summed E-state index contributed by atoms with van der Waals surface area (Å²) in [5.74, 6) is 1.71. The number of ether oxygens (including phenoxy) is 4. The van der Waals surface area contributed by atoms with Gasteiger partial charge in [0.2, 0.25) is 0 Å². The Labute approximate surface area is 240 Å². The van der Waals surface area contributed by atoms with E-state index in [1.54, 1.807) is 52.7 Å². The molecule has 3 aromatic rings. The third-order valence-electron chi connectivity index (χ3n) is 7.73. The highest BCUT2D eigenvalue weighted by Gasteiger charge is 2.41. The van der Waals surface area contributed by atoms with E-state index < -0.39 is 5.92 Å². The van der Waals surface area contributed by atoms with E-state index in [0.717, 1.165) is 16.8 Å². The van der Waals surface area contributed by atoms with Crippen molar-refractivity contribution in [3.8, 4) is 23.0 Å². The molecule has 0 fully saturated rings. The van der Waals surface area contributed by atoms with Crippen molar-refractivity contribution in [1.29, 1.82) is 0 Å². The Morgan fingerprint density at radius 3 is 2.22 bits per heavy atom. The predicted octanol–water partition coefficient (Wildman–Crippen LogP) is 5.72. The number of carbonyl (C=O) groups excluding carboxylic acids is 2. The lowest BCUT2D eigenvalue weighted by Crippen LogP contribution is -2.37. The number of allylic oxidation sites excluding steroid dienone is 3. The van der Waals surface area contributed by atoms with Crippen LogP contribution in [-0.4, -0.2) is 40.1 Å². The number of Topliss-reactive ketones (excluding diaryl/α,β-unsaturated/α-hetero) is 1. The second-order valence-electron chi connectivity index (χ2n) is 10.1. The SMILES string of the molecule is COc1ccc(NC(=O)C2=C(C)NC3=C(C(=O)C[C@H](c4ccc(OC)c(OC)c4)C3)[C@@H]2c2cccc(OC)c2)cc1. The molecule has 1 heterocycles. The minimum Gasteiger partial charge on any atom is -0.497 e. The van der Waals surface area contributed by atoms with Crippen LogP contribution in [0.15, 0.2) is 89.3 Å². The lowest BCUT2D eigenvalue weighted by atomic mass is 9.71. The van der Waals surface area contributed by atoms with Gasteiger partial charge in [0.05, 0.1) is 28.4 Å². The first-order valence-corrected chi connectivity index (χ1v) is 13.4. The predicted molar refractivity (Wildman–Crippen MR) is 157 cm³/mol. The Balaban J connectivity index is 1.54. The standard InChI is InChI=1S/C33H34N2O6/c1-19-30(33(37)35-23-10-12-24(38-2)13-11-23)31(21-7-6-8-25(15-21)39-3)32-26(34-19)16-22(17-27(32)36)20-9-14-28(40-4)29(18-20)41-5/h6-15,18,22,31,34H,16-17H2,1-5H3,(H,35,37)/t22-,31-/m1/s1. The highest BCUT2D eigenvalue weighted by atomic mass is 16.5. The first-order chi connectivity index (χ1) is 19.9. The van der Waals surface area contributed by atoms with Gasteiger partial charge < -0.3 is 29.6 Å². The lowest BCUT2D eigenvalue weighted by molar-refractivity contribution is -0.116. The summed E-state index contributed by atoms with van der Waals surface area (Å²) in [5, 5.41) is 6.44. The van der Waals surface area contributed by atoms with Crippen LogP contribution in [0.5, 0.6) is 23.0 Å². The van der Waals surface area contributed by atoms with Gasteiger partial charge in [-0.15, -0.1) is 0 Å². The van der Waals surface area contributed by atoms with Crippen LogP contribution in [0.1, 0.15) is 42.7 Å². The Bertz CT molecular complexity index is 1540. The largest absolute Gasteiger partial charge is 0.497 e. The molecular formula is C33H34N2O6. The molecule has 0 unspecified atom stereocenters. The van der Waals surface area contributed by atoms with E-state index in [2.05, 4.69) is 10.6 Å². The Morgan fingerprint density at radius 2 is 1.54 bits per heavy atom. The molecule has 212 valence electrons. The number of methoxy groups -OCH3 is 4. The van der Waals surface area contributed by atoms with Crippen molar-refractivity contribution in [1.82, 2.24) is 5.32 Å². The number of dihydropyridines is 1. The molecule has 0 bridgehead atoms. The molecular weight excluding hydrogens is 520 g/mol. The number of hydrogen-bond donors (Lipinski definition) is 2. The first kappa shape index (κ1) is 27.8. The number of amides is 1. The molecule has 1 amide bonds. The smallest absolute Gasteiger partial charge is 0.254 e. The molecule has 2 N–H and O–H groups in total. The van der Waals surface area contributed by atoms with Crippen LogP contribution in [0, 0.1) is 0 Å². The van der Waals surface area contributed by atoms with E-state index in [0.29, 0.717) is 58.4 Å². The van der Waals surface area contributed by atoms with Crippen LogP contribution in [-0.2, 0) is 9.59 Å². The van der Waals surface area contributed by atoms with Gasteiger partial charge >= 0.3 is 0 Å². The fourth-order valence-electron chi connectivity index (χ4n) is 5.71. The molecule has 0 radical (unpaired) electrons. The molecule has 0 saturated carbocycles. The Morgan fingerprint density at radius 1 is 0.805 bits per heavy atom. The second-order valence-corrected chi connectivity index (χ2v) is 10.1. The van der Waals surface area contributed by atoms with Crippen molar-refractivity contribution in [3.05, 3.63) is 100 Å². The Kier molecular flexibility index (Phi) is 8.01. The average Bonchev–Trinajstić information content (AvgIpc) is 3.00. The molecule has 8 heteroatoms. The molecule has 5 rings (SSSR count). The number of hydrogen-bond acceptors (Lipinski definition) is 7. The second kappa shape index (κ2) is 11.8. The maximum atomic E-state index is 14.0. The summed E-state index contributed by atoms with van der Waals surface area (Å²) in [6.45, 7) is 1.88. The van der Waals surface area contributed by atoms with Crippen LogP contribution >= 0.6 is 0 Å². The molecule has 3 aromatic carbocycles. The first-order valence-electron chi connectivity index (χ1n) is 13.4. The lowest BCUT2D eigenvalue weighted by Gasteiger charge is -2.37. The summed E-state index contributed by atoms with van der Waals surface area (Å²) in [5.41, 5.74) is 5.06. The van der Waals surface area contributed by atoms with Gasteiger partial charge in [0.1, 0.15) is 11.5 Å². The van der Waals surface area contributed by atoms with E-state index >= 15 is 0 Å². The summed E-state index contributed by atoms with van der Waals surface area (Å²) in [6.07, 6.45) is 0.921.